The first-order chi connectivity index (χ1) is 10.7. The Hall–Kier alpha value is -1.86. The van der Waals surface area contributed by atoms with E-state index in [1.165, 1.54) is 0 Å². The average molecular weight is 304 g/mol. The van der Waals surface area contributed by atoms with Gasteiger partial charge in [0.1, 0.15) is 11.2 Å². The largest absolute Gasteiger partial charge is 0.396 e. The van der Waals surface area contributed by atoms with Crippen molar-refractivity contribution in [3.63, 3.8) is 0 Å². The van der Waals surface area contributed by atoms with E-state index in [9.17, 15) is 9.90 Å². The first-order valence-corrected chi connectivity index (χ1v) is 7.71. The summed E-state index contributed by atoms with van der Waals surface area (Å²) in [7, 11) is 1.91. The third-order valence-corrected chi connectivity index (χ3v) is 4.92. The van der Waals surface area contributed by atoms with Crippen molar-refractivity contribution in [2.24, 2.45) is 13.0 Å². The lowest BCUT2D eigenvalue weighted by molar-refractivity contribution is -0.0448. The van der Waals surface area contributed by atoms with Crippen LogP contribution in [0.25, 0.3) is 5.65 Å². The van der Waals surface area contributed by atoms with Crippen LogP contribution in [-0.2, 0) is 11.8 Å². The summed E-state index contributed by atoms with van der Waals surface area (Å²) in [4.78, 5) is 14.9. The van der Waals surface area contributed by atoms with Gasteiger partial charge in [-0.15, -0.1) is 0 Å². The molecule has 1 aliphatic heterocycles. The molecule has 7 nitrogen and oxygen atoms in total. The number of carbonyl (C=O) groups excluding carboxylic acids is 1. The third-order valence-electron chi connectivity index (χ3n) is 4.92. The number of morpholine rings is 1. The molecule has 0 radical (unpaired) electrons. The molecule has 4 rings (SSSR count). The number of fused-ring (bicyclic) bond motifs is 2. The molecule has 1 saturated heterocycles. The van der Waals surface area contributed by atoms with Gasteiger partial charge in [-0.2, -0.15) is 5.10 Å². The van der Waals surface area contributed by atoms with E-state index in [0.29, 0.717) is 18.7 Å². The van der Waals surface area contributed by atoms with Crippen molar-refractivity contribution in [1.29, 1.82) is 0 Å². The Bertz CT molecular complexity index is 707. The van der Waals surface area contributed by atoms with Crippen LogP contribution in [-0.4, -0.2) is 62.0 Å². The number of ether oxygens (including phenoxy) is 1. The monoisotopic (exact) mass is 304 g/mol. The van der Waals surface area contributed by atoms with Crippen molar-refractivity contribution >= 4 is 11.6 Å². The van der Waals surface area contributed by atoms with Gasteiger partial charge in [-0.1, -0.05) is 0 Å². The number of hydrogen-bond acceptors (Lipinski definition) is 4. The molecule has 1 amide bonds. The fraction of sp³-hybridized carbons (Fsp3) is 0.600. The smallest absolute Gasteiger partial charge is 0.259 e. The zero-order chi connectivity index (χ0) is 15.3. The second kappa shape index (κ2) is 5.10. The zero-order valence-corrected chi connectivity index (χ0v) is 12.6. The minimum atomic E-state index is 0.00805. The molecule has 1 aliphatic carbocycles. The first kappa shape index (κ1) is 13.8. The second-order valence-corrected chi connectivity index (χ2v) is 6.23. The highest BCUT2D eigenvalue weighted by molar-refractivity contribution is 6.00. The Morgan fingerprint density at radius 2 is 2.32 bits per heavy atom. The van der Waals surface area contributed by atoms with Crippen molar-refractivity contribution in [1.82, 2.24) is 19.1 Å². The lowest BCUT2D eigenvalue weighted by Crippen LogP contribution is -2.51. The number of aliphatic hydroxyl groups is 1. The van der Waals surface area contributed by atoms with Gasteiger partial charge in [-0.05, 0) is 18.8 Å². The van der Waals surface area contributed by atoms with Gasteiger partial charge in [-0.3, -0.25) is 4.79 Å². The number of aliphatic hydroxyl groups excluding tert-OH is 1. The average Bonchev–Trinajstić information content (AvgIpc) is 3.21. The predicted molar refractivity (Wildman–Crippen MR) is 78.5 cm³/mol. The topological polar surface area (TPSA) is 72.0 Å². The molecule has 2 aromatic rings. The predicted octanol–water partition coefficient (Wildman–Crippen LogP) is 0.285. The standard InChI is InChI=1S/C15H20N4O3/c1-17-2-3-19-14(17)11(8-16-19)15(21)18-4-5-22-13-7-10(9-20)6-12(13)18/h2-3,8,10,12-13,20H,4-7,9H2,1H3/t10-,12+,13?/m1/s1. The molecule has 7 heteroatoms. The minimum Gasteiger partial charge on any atom is -0.396 e. The van der Waals surface area contributed by atoms with Crippen LogP contribution in [0.5, 0.6) is 0 Å². The molecule has 0 bridgehead atoms. The molecule has 2 fully saturated rings. The maximum atomic E-state index is 13.0. The fourth-order valence-electron chi connectivity index (χ4n) is 3.81. The highest BCUT2D eigenvalue weighted by Gasteiger charge is 2.43. The maximum Gasteiger partial charge on any atom is 0.259 e. The summed E-state index contributed by atoms with van der Waals surface area (Å²) in [5, 5.41) is 13.6. The highest BCUT2D eigenvalue weighted by Crippen LogP contribution is 2.34. The second-order valence-electron chi connectivity index (χ2n) is 6.23. The number of carbonyl (C=O) groups is 1. The Labute approximate surface area is 128 Å². The van der Waals surface area contributed by atoms with Gasteiger partial charge < -0.3 is 19.3 Å². The van der Waals surface area contributed by atoms with E-state index in [0.717, 1.165) is 18.5 Å². The summed E-state index contributed by atoms with van der Waals surface area (Å²) >= 11 is 0. The Balaban J connectivity index is 1.65. The SMILES string of the molecule is Cn1ccn2ncc(C(=O)N3CCOC4C[C@H](CO)C[C@@H]43)c12. The van der Waals surface area contributed by atoms with Crippen molar-refractivity contribution < 1.29 is 14.6 Å². The van der Waals surface area contributed by atoms with Crippen LogP contribution in [0.15, 0.2) is 18.6 Å². The Morgan fingerprint density at radius 3 is 3.14 bits per heavy atom. The van der Waals surface area contributed by atoms with Gasteiger partial charge in [0.15, 0.2) is 0 Å². The number of rotatable bonds is 2. The molecule has 2 aromatic heterocycles. The first-order valence-electron chi connectivity index (χ1n) is 7.71. The summed E-state index contributed by atoms with van der Waals surface area (Å²) in [6.07, 6.45) is 7.06. The van der Waals surface area contributed by atoms with Crippen LogP contribution in [0.1, 0.15) is 23.2 Å². The number of hydrogen-bond donors (Lipinski definition) is 1. The molecule has 2 aliphatic rings. The fourth-order valence-corrected chi connectivity index (χ4v) is 3.81. The van der Waals surface area contributed by atoms with Gasteiger partial charge in [0.05, 0.1) is 24.9 Å². The number of aromatic nitrogens is 3. The van der Waals surface area contributed by atoms with Crippen LogP contribution in [0.4, 0.5) is 0 Å². The third kappa shape index (κ3) is 1.96. The van der Waals surface area contributed by atoms with Crippen molar-refractivity contribution in [2.45, 2.75) is 25.0 Å². The number of amides is 1. The number of imidazole rings is 1. The summed E-state index contributed by atoms with van der Waals surface area (Å²) in [6.45, 7) is 1.32. The Morgan fingerprint density at radius 1 is 1.45 bits per heavy atom. The van der Waals surface area contributed by atoms with Crippen molar-refractivity contribution in [2.75, 3.05) is 19.8 Å². The molecule has 0 spiro atoms. The van der Waals surface area contributed by atoms with Gasteiger partial charge in [-0.25, -0.2) is 4.52 Å². The molecule has 3 heterocycles. The molecular weight excluding hydrogens is 284 g/mol. The molecule has 1 N–H and O–H groups in total. The highest BCUT2D eigenvalue weighted by atomic mass is 16.5. The van der Waals surface area contributed by atoms with Crippen LogP contribution >= 0.6 is 0 Å². The van der Waals surface area contributed by atoms with E-state index < -0.39 is 0 Å². The molecule has 3 atom stereocenters. The molecular formula is C15H20N4O3. The van der Waals surface area contributed by atoms with E-state index in [1.807, 2.05) is 28.9 Å². The van der Waals surface area contributed by atoms with Gasteiger partial charge in [0.2, 0.25) is 0 Å². The van der Waals surface area contributed by atoms with Crippen LogP contribution in [0, 0.1) is 5.92 Å². The summed E-state index contributed by atoms with van der Waals surface area (Å²) in [5.41, 5.74) is 1.44. The van der Waals surface area contributed by atoms with E-state index in [1.54, 1.807) is 10.7 Å². The van der Waals surface area contributed by atoms with Crippen LogP contribution < -0.4 is 0 Å². The van der Waals surface area contributed by atoms with Gasteiger partial charge in [0.25, 0.3) is 5.91 Å². The quantitative estimate of drug-likeness (QED) is 0.865. The van der Waals surface area contributed by atoms with E-state index in [-0.39, 0.29) is 30.6 Å². The Kier molecular flexibility index (Phi) is 3.19. The number of nitrogens with zero attached hydrogens (tertiary/aromatic N) is 4. The van der Waals surface area contributed by atoms with Crippen LogP contribution in [0.2, 0.25) is 0 Å². The van der Waals surface area contributed by atoms with Crippen LogP contribution in [0.3, 0.4) is 0 Å². The summed E-state index contributed by atoms with van der Waals surface area (Å²) in [5.74, 6) is 0.235. The normalized spacial score (nSPS) is 28.3. The van der Waals surface area contributed by atoms with Gasteiger partial charge in [0, 0.05) is 32.6 Å². The van der Waals surface area contributed by atoms with Crippen molar-refractivity contribution in [3.05, 3.63) is 24.2 Å². The molecule has 0 aromatic carbocycles. The lowest BCUT2D eigenvalue weighted by atomic mass is 10.1. The van der Waals surface area contributed by atoms with Gasteiger partial charge >= 0.3 is 0 Å². The van der Waals surface area contributed by atoms with E-state index in [2.05, 4.69) is 5.10 Å². The number of aryl methyl sites for hydroxylation is 1. The maximum absolute atomic E-state index is 13.0. The van der Waals surface area contributed by atoms with E-state index >= 15 is 0 Å². The van der Waals surface area contributed by atoms with Crippen molar-refractivity contribution in [3.8, 4) is 0 Å². The lowest BCUT2D eigenvalue weighted by Gasteiger charge is -2.37. The summed E-state index contributed by atoms with van der Waals surface area (Å²) < 4.78 is 9.42. The molecule has 22 heavy (non-hydrogen) atoms. The molecule has 118 valence electrons. The molecule has 1 saturated carbocycles. The molecule has 1 unspecified atom stereocenters. The zero-order valence-electron chi connectivity index (χ0n) is 12.6. The summed E-state index contributed by atoms with van der Waals surface area (Å²) in [6, 6.07) is 0.0635. The minimum absolute atomic E-state index is 0.00805. The van der Waals surface area contributed by atoms with E-state index in [4.69, 9.17) is 4.74 Å².